The maximum absolute atomic E-state index is 12.2. The summed E-state index contributed by atoms with van der Waals surface area (Å²) in [5, 5.41) is 4.13. The van der Waals surface area contributed by atoms with Crippen molar-refractivity contribution >= 4 is 23.6 Å². The summed E-state index contributed by atoms with van der Waals surface area (Å²) in [5.74, 6) is 0.0505. The van der Waals surface area contributed by atoms with Gasteiger partial charge in [-0.3, -0.25) is 14.5 Å². The third-order valence-corrected chi connectivity index (χ3v) is 5.34. The summed E-state index contributed by atoms with van der Waals surface area (Å²) in [6.45, 7) is 0. The molecule has 0 radical (unpaired) electrons. The third-order valence-electron chi connectivity index (χ3n) is 4.25. The number of hydrogen-bond acceptors (Lipinski definition) is 4. The van der Waals surface area contributed by atoms with E-state index in [1.54, 1.807) is 0 Å². The molecule has 0 aromatic carbocycles. The van der Waals surface area contributed by atoms with E-state index in [0.717, 1.165) is 25.7 Å². The standard InChI is InChI=1S/C13H20N2O2S/c1-18-10-5-2-8(6-10)14-11-7-12(16)15(13(11)17)9-3-4-9/h8-11,14H,2-7H2,1H3. The van der Waals surface area contributed by atoms with Crippen molar-refractivity contribution in [2.45, 2.75) is 61.9 Å². The lowest BCUT2D eigenvalue weighted by Gasteiger charge is -2.18. The van der Waals surface area contributed by atoms with Gasteiger partial charge in [0.15, 0.2) is 0 Å². The maximum atomic E-state index is 12.2. The minimum atomic E-state index is -0.247. The molecule has 2 aliphatic carbocycles. The van der Waals surface area contributed by atoms with Crippen molar-refractivity contribution in [2.24, 2.45) is 0 Å². The summed E-state index contributed by atoms with van der Waals surface area (Å²) in [6, 6.07) is 0.395. The first kappa shape index (κ1) is 12.5. The summed E-state index contributed by atoms with van der Waals surface area (Å²) in [7, 11) is 0. The van der Waals surface area contributed by atoms with Crippen LogP contribution in [0.15, 0.2) is 0 Å². The summed E-state index contributed by atoms with van der Waals surface area (Å²) in [5.41, 5.74) is 0. The topological polar surface area (TPSA) is 49.4 Å². The van der Waals surface area contributed by atoms with Crippen molar-refractivity contribution in [1.82, 2.24) is 10.2 Å². The molecule has 1 aliphatic heterocycles. The Bertz CT molecular complexity index is 370. The molecule has 18 heavy (non-hydrogen) atoms. The van der Waals surface area contributed by atoms with Gasteiger partial charge in [0.25, 0.3) is 0 Å². The minimum absolute atomic E-state index is 0.0232. The van der Waals surface area contributed by atoms with Gasteiger partial charge in [0.2, 0.25) is 11.8 Å². The minimum Gasteiger partial charge on any atom is -0.303 e. The Morgan fingerprint density at radius 3 is 2.61 bits per heavy atom. The molecular formula is C13H20N2O2S. The highest BCUT2D eigenvalue weighted by Crippen LogP contribution is 2.33. The monoisotopic (exact) mass is 268 g/mol. The van der Waals surface area contributed by atoms with Gasteiger partial charge in [-0.05, 0) is 38.4 Å². The van der Waals surface area contributed by atoms with Crippen molar-refractivity contribution < 1.29 is 9.59 Å². The number of likely N-dealkylation sites (tertiary alicyclic amines) is 1. The van der Waals surface area contributed by atoms with Crippen LogP contribution in [0.3, 0.4) is 0 Å². The largest absolute Gasteiger partial charge is 0.303 e. The normalized spacial score (nSPS) is 36.7. The average molecular weight is 268 g/mol. The van der Waals surface area contributed by atoms with Crippen LogP contribution in [0.25, 0.3) is 0 Å². The molecule has 0 bridgehead atoms. The molecule has 0 aromatic heterocycles. The summed E-state index contributed by atoms with van der Waals surface area (Å²) in [4.78, 5) is 25.5. The first-order valence-corrected chi connectivity index (χ1v) is 8.12. The Morgan fingerprint density at radius 2 is 2.00 bits per heavy atom. The van der Waals surface area contributed by atoms with E-state index in [0.29, 0.717) is 17.7 Å². The number of nitrogens with zero attached hydrogens (tertiary/aromatic N) is 1. The van der Waals surface area contributed by atoms with E-state index >= 15 is 0 Å². The number of carbonyl (C=O) groups excluding carboxylic acids is 2. The molecular weight excluding hydrogens is 248 g/mol. The zero-order valence-corrected chi connectivity index (χ0v) is 11.5. The SMILES string of the molecule is CSC1CCC(NC2CC(=O)N(C3CC3)C2=O)C1. The molecule has 3 aliphatic rings. The average Bonchev–Trinajstić information content (AvgIpc) is 3.00. The molecule has 5 heteroatoms. The van der Waals surface area contributed by atoms with Crippen molar-refractivity contribution in [3.05, 3.63) is 0 Å². The van der Waals surface area contributed by atoms with E-state index in [2.05, 4.69) is 11.6 Å². The number of amides is 2. The van der Waals surface area contributed by atoms with Crippen LogP contribution in [-0.4, -0.2) is 46.3 Å². The molecule has 3 unspecified atom stereocenters. The highest BCUT2D eigenvalue weighted by Gasteiger charge is 2.46. The van der Waals surface area contributed by atoms with Crippen LogP contribution >= 0.6 is 11.8 Å². The van der Waals surface area contributed by atoms with E-state index in [4.69, 9.17) is 0 Å². The van der Waals surface area contributed by atoms with Gasteiger partial charge >= 0.3 is 0 Å². The van der Waals surface area contributed by atoms with Crippen LogP contribution in [-0.2, 0) is 9.59 Å². The van der Waals surface area contributed by atoms with Gasteiger partial charge < -0.3 is 5.32 Å². The van der Waals surface area contributed by atoms with Crippen LogP contribution in [0.1, 0.15) is 38.5 Å². The zero-order chi connectivity index (χ0) is 12.7. The highest BCUT2D eigenvalue weighted by molar-refractivity contribution is 7.99. The second kappa shape index (κ2) is 4.85. The first-order valence-electron chi connectivity index (χ1n) is 6.83. The Morgan fingerprint density at radius 1 is 1.22 bits per heavy atom. The van der Waals surface area contributed by atoms with Crippen molar-refractivity contribution in [1.29, 1.82) is 0 Å². The van der Waals surface area contributed by atoms with Crippen LogP contribution in [0.5, 0.6) is 0 Å². The number of imide groups is 1. The fourth-order valence-electron chi connectivity index (χ4n) is 3.09. The fraction of sp³-hybridized carbons (Fsp3) is 0.846. The maximum Gasteiger partial charge on any atom is 0.247 e. The molecule has 4 nitrogen and oxygen atoms in total. The molecule has 3 rings (SSSR count). The second-order valence-electron chi connectivity index (χ2n) is 5.62. The number of carbonyl (C=O) groups is 2. The smallest absolute Gasteiger partial charge is 0.247 e. The molecule has 100 valence electrons. The van der Waals surface area contributed by atoms with Crippen LogP contribution in [0.2, 0.25) is 0 Å². The van der Waals surface area contributed by atoms with Crippen molar-refractivity contribution in [3.8, 4) is 0 Å². The summed E-state index contributed by atoms with van der Waals surface area (Å²) >= 11 is 1.91. The van der Waals surface area contributed by atoms with E-state index < -0.39 is 0 Å². The van der Waals surface area contributed by atoms with Gasteiger partial charge in [0.05, 0.1) is 12.5 Å². The molecule has 1 heterocycles. The van der Waals surface area contributed by atoms with Gasteiger partial charge in [0, 0.05) is 17.3 Å². The van der Waals surface area contributed by atoms with E-state index in [9.17, 15) is 9.59 Å². The Labute approximate surface area is 112 Å². The number of rotatable bonds is 4. The Kier molecular flexibility index (Phi) is 3.36. The first-order chi connectivity index (χ1) is 8.69. The Balaban J connectivity index is 1.57. The van der Waals surface area contributed by atoms with Gasteiger partial charge in [-0.1, -0.05) is 0 Å². The summed E-state index contributed by atoms with van der Waals surface area (Å²) < 4.78 is 0. The molecule has 1 saturated heterocycles. The molecule has 3 atom stereocenters. The van der Waals surface area contributed by atoms with Gasteiger partial charge in [-0.15, -0.1) is 0 Å². The molecule has 2 saturated carbocycles. The van der Waals surface area contributed by atoms with E-state index in [-0.39, 0.29) is 23.9 Å². The van der Waals surface area contributed by atoms with Crippen LogP contribution in [0.4, 0.5) is 0 Å². The van der Waals surface area contributed by atoms with Crippen molar-refractivity contribution in [3.63, 3.8) is 0 Å². The van der Waals surface area contributed by atoms with Gasteiger partial charge in [0.1, 0.15) is 0 Å². The predicted molar refractivity (Wildman–Crippen MR) is 71.4 cm³/mol. The molecule has 1 N–H and O–H groups in total. The third kappa shape index (κ3) is 2.30. The van der Waals surface area contributed by atoms with Gasteiger partial charge in [-0.2, -0.15) is 11.8 Å². The second-order valence-corrected chi connectivity index (χ2v) is 6.76. The Hall–Kier alpha value is -0.550. The van der Waals surface area contributed by atoms with Crippen LogP contribution in [0, 0.1) is 0 Å². The van der Waals surface area contributed by atoms with E-state index in [1.165, 1.54) is 11.3 Å². The lowest BCUT2D eigenvalue weighted by molar-refractivity contribution is -0.139. The lowest BCUT2D eigenvalue weighted by Crippen LogP contribution is -2.43. The zero-order valence-electron chi connectivity index (χ0n) is 10.7. The molecule has 0 aromatic rings. The van der Waals surface area contributed by atoms with E-state index in [1.807, 2.05) is 11.8 Å². The number of hydrogen-bond donors (Lipinski definition) is 1. The number of nitrogens with one attached hydrogen (secondary N) is 1. The fourth-order valence-corrected chi connectivity index (χ4v) is 3.88. The quantitative estimate of drug-likeness (QED) is 0.777. The molecule has 0 spiro atoms. The molecule has 3 fully saturated rings. The van der Waals surface area contributed by atoms with Crippen LogP contribution < -0.4 is 5.32 Å². The number of thioether (sulfide) groups is 1. The van der Waals surface area contributed by atoms with Gasteiger partial charge in [-0.25, -0.2) is 0 Å². The highest BCUT2D eigenvalue weighted by atomic mass is 32.2. The van der Waals surface area contributed by atoms with Crippen molar-refractivity contribution in [2.75, 3.05) is 6.26 Å². The predicted octanol–water partition coefficient (Wildman–Crippen LogP) is 1.15. The molecule has 2 amide bonds. The lowest BCUT2D eigenvalue weighted by atomic mass is 10.2. The summed E-state index contributed by atoms with van der Waals surface area (Å²) in [6.07, 6.45) is 8.00.